The highest BCUT2D eigenvalue weighted by molar-refractivity contribution is 9.10. The van der Waals surface area contributed by atoms with Crippen molar-refractivity contribution < 1.29 is 5.11 Å². The Bertz CT molecular complexity index is 337. The van der Waals surface area contributed by atoms with Crippen LogP contribution in [0.25, 0.3) is 0 Å². The quantitative estimate of drug-likeness (QED) is 0.884. The molecule has 0 aliphatic heterocycles. The van der Waals surface area contributed by atoms with E-state index < -0.39 is 5.60 Å². The minimum Gasteiger partial charge on any atom is -0.390 e. The highest BCUT2D eigenvalue weighted by atomic mass is 79.9. The molecule has 1 aromatic carbocycles. The van der Waals surface area contributed by atoms with E-state index >= 15 is 0 Å². The van der Waals surface area contributed by atoms with Gasteiger partial charge in [-0.2, -0.15) is 0 Å². The molecule has 0 saturated carbocycles. The highest BCUT2D eigenvalue weighted by Gasteiger charge is 2.29. The van der Waals surface area contributed by atoms with Crippen molar-refractivity contribution in [2.75, 3.05) is 0 Å². The average molecular weight is 271 g/mol. The molecule has 2 heteroatoms. The predicted molar refractivity (Wildman–Crippen MR) is 68.1 cm³/mol. The fourth-order valence-corrected chi connectivity index (χ4v) is 3.01. The summed E-state index contributed by atoms with van der Waals surface area (Å²) >= 11 is 3.56. The van der Waals surface area contributed by atoms with Crippen LogP contribution in [-0.2, 0) is 5.41 Å². The molecular weight excluding hydrogens is 252 g/mol. The Morgan fingerprint density at radius 1 is 1.13 bits per heavy atom. The van der Waals surface area contributed by atoms with Gasteiger partial charge in [-0.3, -0.25) is 0 Å². The van der Waals surface area contributed by atoms with Crippen LogP contribution in [0, 0.1) is 0 Å². The topological polar surface area (TPSA) is 20.2 Å². The van der Waals surface area contributed by atoms with Crippen molar-refractivity contribution >= 4 is 15.9 Å². The number of benzene rings is 1. The summed E-state index contributed by atoms with van der Waals surface area (Å²) in [4.78, 5) is 0. The summed E-state index contributed by atoms with van der Waals surface area (Å²) in [5.74, 6) is 0. The summed E-state index contributed by atoms with van der Waals surface area (Å²) in [7, 11) is 0. The molecule has 0 unspecified atom stereocenters. The zero-order chi connectivity index (χ0) is 11.7. The van der Waals surface area contributed by atoms with Crippen molar-refractivity contribution in [1.29, 1.82) is 0 Å². The standard InChI is InChI=1S/C13H19BrO/c1-12(2,9-13(3,4)15)10-7-5-6-8-11(10)14/h5-8,15H,9H2,1-4H3. The molecule has 0 bridgehead atoms. The Labute approximate surface area is 101 Å². The molecule has 0 fully saturated rings. The van der Waals surface area contributed by atoms with Crippen LogP contribution < -0.4 is 0 Å². The van der Waals surface area contributed by atoms with Crippen molar-refractivity contribution in [3.05, 3.63) is 34.3 Å². The van der Waals surface area contributed by atoms with Crippen LogP contribution in [0.2, 0.25) is 0 Å². The maximum Gasteiger partial charge on any atom is 0.0600 e. The maximum absolute atomic E-state index is 9.89. The Hall–Kier alpha value is -0.340. The molecule has 0 aliphatic carbocycles. The second-order valence-corrected chi connectivity index (χ2v) is 6.21. The van der Waals surface area contributed by atoms with Gasteiger partial charge in [-0.1, -0.05) is 48.0 Å². The smallest absolute Gasteiger partial charge is 0.0600 e. The van der Waals surface area contributed by atoms with Gasteiger partial charge in [-0.25, -0.2) is 0 Å². The van der Waals surface area contributed by atoms with E-state index in [0.717, 1.165) is 10.9 Å². The summed E-state index contributed by atoms with van der Waals surface area (Å²) < 4.78 is 1.11. The second kappa shape index (κ2) is 4.26. The van der Waals surface area contributed by atoms with Crippen molar-refractivity contribution in [1.82, 2.24) is 0 Å². The van der Waals surface area contributed by atoms with Gasteiger partial charge in [0.2, 0.25) is 0 Å². The minimum absolute atomic E-state index is 0.0294. The van der Waals surface area contributed by atoms with Crippen LogP contribution in [0.4, 0.5) is 0 Å². The molecule has 0 amide bonds. The maximum atomic E-state index is 9.89. The van der Waals surface area contributed by atoms with Gasteiger partial charge < -0.3 is 5.11 Å². The first-order chi connectivity index (χ1) is 6.72. The molecule has 0 atom stereocenters. The van der Waals surface area contributed by atoms with Crippen molar-refractivity contribution in [2.24, 2.45) is 0 Å². The van der Waals surface area contributed by atoms with E-state index in [-0.39, 0.29) is 5.41 Å². The number of hydrogen-bond donors (Lipinski definition) is 1. The molecule has 1 N–H and O–H groups in total. The van der Waals surface area contributed by atoms with E-state index in [1.807, 2.05) is 32.0 Å². The van der Waals surface area contributed by atoms with Gasteiger partial charge in [0.15, 0.2) is 0 Å². The average Bonchev–Trinajstić information content (AvgIpc) is 1.99. The van der Waals surface area contributed by atoms with Crippen LogP contribution >= 0.6 is 15.9 Å². The van der Waals surface area contributed by atoms with Crippen LogP contribution in [0.1, 0.15) is 39.7 Å². The molecule has 0 aliphatic rings. The van der Waals surface area contributed by atoms with Gasteiger partial charge in [0.05, 0.1) is 5.60 Å². The lowest BCUT2D eigenvalue weighted by atomic mass is 9.76. The van der Waals surface area contributed by atoms with E-state index in [4.69, 9.17) is 0 Å². The van der Waals surface area contributed by atoms with Crippen LogP contribution in [0.5, 0.6) is 0 Å². The molecule has 0 spiro atoms. The van der Waals surface area contributed by atoms with E-state index in [9.17, 15) is 5.11 Å². The van der Waals surface area contributed by atoms with Gasteiger partial charge in [-0.15, -0.1) is 0 Å². The lowest BCUT2D eigenvalue weighted by Gasteiger charge is -2.32. The lowest BCUT2D eigenvalue weighted by Crippen LogP contribution is -2.31. The van der Waals surface area contributed by atoms with Crippen LogP contribution in [0.3, 0.4) is 0 Å². The molecular formula is C13H19BrO. The van der Waals surface area contributed by atoms with Gasteiger partial charge in [0.25, 0.3) is 0 Å². The Kier molecular flexibility index (Phi) is 3.62. The van der Waals surface area contributed by atoms with Gasteiger partial charge in [0, 0.05) is 4.47 Å². The summed E-state index contributed by atoms with van der Waals surface area (Å²) in [5, 5.41) is 9.89. The normalized spacial score (nSPS) is 12.9. The summed E-state index contributed by atoms with van der Waals surface area (Å²) in [5.41, 5.74) is 0.573. The van der Waals surface area contributed by atoms with Crippen LogP contribution in [-0.4, -0.2) is 10.7 Å². The molecule has 1 rings (SSSR count). The third kappa shape index (κ3) is 3.62. The largest absolute Gasteiger partial charge is 0.390 e. The zero-order valence-electron chi connectivity index (χ0n) is 9.84. The molecule has 0 heterocycles. The summed E-state index contributed by atoms with van der Waals surface area (Å²) in [6.07, 6.45) is 0.739. The fraction of sp³-hybridized carbons (Fsp3) is 0.538. The third-order valence-electron chi connectivity index (χ3n) is 2.48. The van der Waals surface area contributed by atoms with Crippen molar-refractivity contribution in [2.45, 2.75) is 45.1 Å². The molecule has 0 aromatic heterocycles. The number of rotatable bonds is 3. The molecule has 1 aromatic rings. The molecule has 15 heavy (non-hydrogen) atoms. The Morgan fingerprint density at radius 3 is 2.13 bits per heavy atom. The highest BCUT2D eigenvalue weighted by Crippen LogP contribution is 2.36. The van der Waals surface area contributed by atoms with E-state index in [0.29, 0.717) is 0 Å². The van der Waals surface area contributed by atoms with E-state index in [2.05, 4.69) is 35.8 Å². The Balaban J connectivity index is 3.01. The molecule has 84 valence electrons. The number of aliphatic hydroxyl groups is 1. The van der Waals surface area contributed by atoms with E-state index in [1.165, 1.54) is 5.56 Å². The second-order valence-electron chi connectivity index (χ2n) is 5.35. The zero-order valence-corrected chi connectivity index (χ0v) is 11.4. The third-order valence-corrected chi connectivity index (χ3v) is 3.17. The molecule has 0 saturated heterocycles. The molecule has 0 radical (unpaired) electrons. The SMILES string of the molecule is CC(C)(O)CC(C)(C)c1ccccc1Br. The van der Waals surface area contributed by atoms with E-state index in [1.54, 1.807) is 0 Å². The lowest BCUT2D eigenvalue weighted by molar-refractivity contribution is 0.0500. The van der Waals surface area contributed by atoms with Gasteiger partial charge >= 0.3 is 0 Å². The first-order valence-corrected chi connectivity index (χ1v) is 5.99. The fourth-order valence-electron chi connectivity index (χ4n) is 2.19. The van der Waals surface area contributed by atoms with Crippen molar-refractivity contribution in [3.8, 4) is 0 Å². The summed E-state index contributed by atoms with van der Waals surface area (Å²) in [6.45, 7) is 8.02. The van der Waals surface area contributed by atoms with Crippen LogP contribution in [0.15, 0.2) is 28.7 Å². The minimum atomic E-state index is -0.640. The first-order valence-electron chi connectivity index (χ1n) is 5.20. The number of hydrogen-bond acceptors (Lipinski definition) is 1. The first kappa shape index (κ1) is 12.7. The van der Waals surface area contributed by atoms with Crippen molar-refractivity contribution in [3.63, 3.8) is 0 Å². The van der Waals surface area contributed by atoms with Gasteiger partial charge in [0.1, 0.15) is 0 Å². The van der Waals surface area contributed by atoms with Gasteiger partial charge in [-0.05, 0) is 37.3 Å². The molecule has 1 nitrogen and oxygen atoms in total. The Morgan fingerprint density at radius 2 is 1.67 bits per heavy atom. The summed E-state index contributed by atoms with van der Waals surface area (Å²) in [6, 6.07) is 8.19. The number of halogens is 1. The monoisotopic (exact) mass is 270 g/mol. The predicted octanol–water partition coefficient (Wildman–Crippen LogP) is 3.89.